The average Bonchev–Trinajstić information content (AvgIpc) is 3.10. The van der Waals surface area contributed by atoms with Crippen LogP contribution in [0.3, 0.4) is 0 Å². The van der Waals surface area contributed by atoms with Gasteiger partial charge in [-0.2, -0.15) is 0 Å². The van der Waals surface area contributed by atoms with E-state index in [1.807, 2.05) is 0 Å². The number of benzene rings is 1. The van der Waals surface area contributed by atoms with E-state index in [9.17, 15) is 18.8 Å². The van der Waals surface area contributed by atoms with Crippen LogP contribution in [0.1, 0.15) is 46.2 Å². The van der Waals surface area contributed by atoms with Gasteiger partial charge in [0.1, 0.15) is 17.1 Å². The highest BCUT2D eigenvalue weighted by Crippen LogP contribution is 2.45. The minimum atomic E-state index is -1.54. The number of amides is 3. The van der Waals surface area contributed by atoms with Crippen molar-refractivity contribution in [2.75, 3.05) is 6.54 Å². The molecular weight excluding hydrogens is 353 g/mol. The number of hydrogen-bond donors (Lipinski definition) is 2. The third-order valence-corrected chi connectivity index (χ3v) is 5.18. The van der Waals surface area contributed by atoms with Gasteiger partial charge in [-0.3, -0.25) is 9.59 Å². The quantitative estimate of drug-likeness (QED) is 0.798. The van der Waals surface area contributed by atoms with E-state index in [1.165, 1.54) is 29.2 Å². The van der Waals surface area contributed by atoms with Gasteiger partial charge in [0, 0.05) is 12.5 Å². The van der Waals surface area contributed by atoms with Gasteiger partial charge in [-0.25, -0.2) is 9.18 Å². The van der Waals surface area contributed by atoms with Crippen molar-refractivity contribution in [3.8, 4) is 0 Å². The van der Waals surface area contributed by atoms with E-state index in [1.54, 1.807) is 13.0 Å². The van der Waals surface area contributed by atoms with Crippen LogP contribution < -0.4 is 11.5 Å². The topological polar surface area (TPSA) is 120 Å². The van der Waals surface area contributed by atoms with Gasteiger partial charge in [0.25, 0.3) is 0 Å². The zero-order valence-electron chi connectivity index (χ0n) is 14.8. The summed E-state index contributed by atoms with van der Waals surface area (Å²) >= 11 is 0. The minimum absolute atomic E-state index is 0.115. The molecule has 0 spiro atoms. The number of carbonyl (C=O) groups is 3. The van der Waals surface area contributed by atoms with Crippen LogP contribution in [0, 0.1) is 12.7 Å². The maximum absolute atomic E-state index is 13.6. The second-order valence-electron chi connectivity index (χ2n) is 6.72. The molecule has 7 nitrogen and oxygen atoms in total. The molecule has 1 aromatic carbocycles. The number of piperidine rings is 1. The summed E-state index contributed by atoms with van der Waals surface area (Å²) in [5.41, 5.74) is 10.7. The van der Waals surface area contributed by atoms with Crippen molar-refractivity contribution in [3.05, 3.63) is 58.8 Å². The molecule has 2 atom stereocenters. The number of aryl methyl sites for hydroxylation is 1. The van der Waals surface area contributed by atoms with Gasteiger partial charge < -0.3 is 20.8 Å². The number of likely N-dealkylation sites (tertiary alicyclic amines) is 1. The molecule has 142 valence electrons. The Morgan fingerprint density at radius 2 is 2.04 bits per heavy atom. The summed E-state index contributed by atoms with van der Waals surface area (Å²) in [6, 6.07) is 6.36. The van der Waals surface area contributed by atoms with Crippen LogP contribution >= 0.6 is 0 Å². The van der Waals surface area contributed by atoms with Crippen molar-refractivity contribution in [2.24, 2.45) is 11.5 Å². The molecule has 0 radical (unpaired) electrons. The Hall–Kier alpha value is -3.16. The van der Waals surface area contributed by atoms with E-state index in [4.69, 9.17) is 15.9 Å². The molecular formula is C19H20FN3O4. The third kappa shape index (κ3) is 3.07. The van der Waals surface area contributed by atoms with E-state index in [0.717, 1.165) is 0 Å². The van der Waals surface area contributed by atoms with E-state index in [-0.39, 0.29) is 24.6 Å². The molecule has 4 N–H and O–H groups in total. The summed E-state index contributed by atoms with van der Waals surface area (Å²) in [5, 5.41) is 0. The Labute approximate surface area is 155 Å². The largest absolute Gasteiger partial charge is 0.458 e. The molecule has 8 heteroatoms. The standard InChI is InChI=1S/C19H20FN3O4/c1-11-8-13(20)2-4-15(11)19(17(21)25)9-12(6-7-23(19)18(22)26)16-5-3-14(10-24)27-16/h2-5,8,10,12H,6-7,9H2,1H3,(H2,21,25)(H2,22,26). The minimum Gasteiger partial charge on any atom is -0.458 e. The summed E-state index contributed by atoms with van der Waals surface area (Å²) in [5.74, 6) is -0.804. The Bertz CT molecular complexity index is 910. The average molecular weight is 373 g/mol. The van der Waals surface area contributed by atoms with Crippen LogP contribution in [-0.2, 0) is 10.3 Å². The summed E-state index contributed by atoms with van der Waals surface area (Å²) in [6.07, 6.45) is 1.18. The molecule has 3 amide bonds. The van der Waals surface area contributed by atoms with E-state index >= 15 is 0 Å². The van der Waals surface area contributed by atoms with E-state index in [0.29, 0.717) is 29.6 Å². The second kappa shape index (κ2) is 6.86. The lowest BCUT2D eigenvalue weighted by Gasteiger charge is -2.47. The number of hydrogen-bond acceptors (Lipinski definition) is 4. The van der Waals surface area contributed by atoms with Gasteiger partial charge in [-0.05, 0) is 55.2 Å². The molecule has 1 saturated heterocycles. The highest BCUT2D eigenvalue weighted by atomic mass is 19.1. The first-order valence-corrected chi connectivity index (χ1v) is 8.48. The predicted molar refractivity (Wildman–Crippen MR) is 94.4 cm³/mol. The molecule has 3 rings (SSSR count). The Morgan fingerprint density at radius 1 is 1.30 bits per heavy atom. The number of nitrogens with zero attached hydrogens (tertiary/aromatic N) is 1. The van der Waals surface area contributed by atoms with E-state index < -0.39 is 23.3 Å². The molecule has 27 heavy (non-hydrogen) atoms. The Morgan fingerprint density at radius 3 is 2.59 bits per heavy atom. The summed E-state index contributed by atoms with van der Waals surface area (Å²) in [7, 11) is 0. The van der Waals surface area contributed by atoms with Crippen molar-refractivity contribution in [1.29, 1.82) is 0 Å². The van der Waals surface area contributed by atoms with Crippen LogP contribution in [0.2, 0.25) is 0 Å². The molecule has 2 aromatic rings. The van der Waals surface area contributed by atoms with Gasteiger partial charge >= 0.3 is 6.03 Å². The lowest BCUT2D eigenvalue weighted by molar-refractivity contribution is -0.131. The predicted octanol–water partition coefficient (Wildman–Crippen LogP) is 2.18. The summed E-state index contributed by atoms with van der Waals surface area (Å²) in [4.78, 5) is 36.9. The maximum Gasteiger partial charge on any atom is 0.315 e. The number of primary amides is 2. The molecule has 0 aliphatic carbocycles. The maximum atomic E-state index is 13.6. The van der Waals surface area contributed by atoms with E-state index in [2.05, 4.69) is 0 Å². The summed E-state index contributed by atoms with van der Waals surface area (Å²) < 4.78 is 19.1. The number of carbonyl (C=O) groups excluding carboxylic acids is 3. The van der Waals surface area contributed by atoms with Crippen molar-refractivity contribution < 1.29 is 23.2 Å². The van der Waals surface area contributed by atoms with Crippen molar-refractivity contribution in [3.63, 3.8) is 0 Å². The Balaban J connectivity index is 2.14. The molecule has 1 aromatic heterocycles. The van der Waals surface area contributed by atoms with Gasteiger partial charge in [-0.15, -0.1) is 0 Å². The normalized spacial score (nSPS) is 22.4. The molecule has 1 aliphatic rings. The summed E-state index contributed by atoms with van der Waals surface area (Å²) in [6.45, 7) is 1.81. The fourth-order valence-electron chi connectivity index (χ4n) is 3.95. The lowest BCUT2D eigenvalue weighted by Crippen LogP contribution is -2.62. The van der Waals surface area contributed by atoms with Crippen molar-refractivity contribution in [2.45, 2.75) is 31.2 Å². The number of halogens is 1. The van der Waals surface area contributed by atoms with Gasteiger partial charge in [-0.1, -0.05) is 6.07 Å². The van der Waals surface area contributed by atoms with Gasteiger partial charge in [0.2, 0.25) is 5.91 Å². The zero-order chi connectivity index (χ0) is 19.8. The van der Waals surface area contributed by atoms with Crippen LogP contribution in [0.15, 0.2) is 34.7 Å². The number of nitrogens with two attached hydrogens (primary N) is 2. The SMILES string of the molecule is Cc1cc(F)ccc1C1(C(N)=O)CC(c2ccc(C=O)o2)CCN1C(N)=O. The first-order chi connectivity index (χ1) is 12.8. The van der Waals surface area contributed by atoms with Gasteiger partial charge in [0.15, 0.2) is 12.0 Å². The van der Waals surface area contributed by atoms with Crippen LogP contribution in [0.5, 0.6) is 0 Å². The first-order valence-electron chi connectivity index (χ1n) is 8.48. The fraction of sp³-hybridized carbons (Fsp3) is 0.316. The van der Waals surface area contributed by atoms with Crippen molar-refractivity contribution in [1.82, 2.24) is 4.90 Å². The van der Waals surface area contributed by atoms with Crippen molar-refractivity contribution >= 4 is 18.2 Å². The highest BCUT2D eigenvalue weighted by Gasteiger charge is 2.51. The number of furan rings is 1. The number of aldehydes is 1. The molecule has 1 fully saturated rings. The molecule has 0 saturated carbocycles. The zero-order valence-corrected chi connectivity index (χ0v) is 14.8. The van der Waals surface area contributed by atoms with Gasteiger partial charge in [0.05, 0.1) is 0 Å². The monoisotopic (exact) mass is 373 g/mol. The second-order valence-corrected chi connectivity index (χ2v) is 6.72. The first kappa shape index (κ1) is 18.6. The molecule has 2 unspecified atom stereocenters. The lowest BCUT2D eigenvalue weighted by atomic mass is 9.73. The Kier molecular flexibility index (Phi) is 4.73. The smallest absolute Gasteiger partial charge is 0.315 e. The highest BCUT2D eigenvalue weighted by molar-refractivity contribution is 5.91. The fourth-order valence-corrected chi connectivity index (χ4v) is 3.95. The van der Waals surface area contributed by atoms with Crippen LogP contribution in [0.4, 0.5) is 9.18 Å². The number of rotatable bonds is 4. The molecule has 2 heterocycles. The van der Waals surface area contributed by atoms with Crippen LogP contribution in [-0.4, -0.2) is 29.7 Å². The number of urea groups is 1. The third-order valence-electron chi connectivity index (χ3n) is 5.18. The molecule has 1 aliphatic heterocycles. The van der Waals surface area contributed by atoms with Crippen LogP contribution in [0.25, 0.3) is 0 Å². The molecule has 0 bridgehead atoms.